The number of nitrogens with one attached hydrogen (secondary N) is 1. The summed E-state index contributed by atoms with van der Waals surface area (Å²) in [6, 6.07) is 0. The monoisotopic (exact) mass is 215 g/mol. The summed E-state index contributed by atoms with van der Waals surface area (Å²) < 4.78 is 4.56. The SMILES string of the molecule is C=CC(=O)OCC(CNC(C)=O)C(=O)O. The van der Waals surface area contributed by atoms with Gasteiger partial charge in [0, 0.05) is 19.5 Å². The van der Waals surface area contributed by atoms with Crippen molar-refractivity contribution in [3.63, 3.8) is 0 Å². The lowest BCUT2D eigenvalue weighted by atomic mass is 10.1. The van der Waals surface area contributed by atoms with Gasteiger partial charge in [0.2, 0.25) is 5.91 Å². The Kier molecular flexibility index (Phi) is 5.77. The van der Waals surface area contributed by atoms with Gasteiger partial charge in [-0.15, -0.1) is 0 Å². The molecule has 0 bridgehead atoms. The quantitative estimate of drug-likeness (QED) is 0.462. The molecule has 1 unspecified atom stereocenters. The van der Waals surface area contributed by atoms with E-state index in [0.717, 1.165) is 6.08 Å². The molecule has 0 aromatic rings. The predicted octanol–water partition coefficient (Wildman–Crippen LogP) is -0.448. The van der Waals surface area contributed by atoms with E-state index in [0.29, 0.717) is 0 Å². The van der Waals surface area contributed by atoms with Crippen molar-refractivity contribution in [3.05, 3.63) is 12.7 Å². The standard InChI is InChI=1S/C9H13NO5/c1-3-8(12)15-5-7(9(13)14)4-10-6(2)11/h3,7H,1,4-5H2,2H3,(H,10,11)(H,13,14). The van der Waals surface area contributed by atoms with Gasteiger partial charge in [-0.2, -0.15) is 0 Å². The van der Waals surface area contributed by atoms with Crippen LogP contribution >= 0.6 is 0 Å². The highest BCUT2D eigenvalue weighted by molar-refractivity contribution is 5.81. The number of amides is 1. The molecule has 1 amide bonds. The third kappa shape index (κ3) is 6.25. The van der Waals surface area contributed by atoms with Crippen LogP contribution < -0.4 is 5.32 Å². The molecular formula is C9H13NO5. The molecule has 1 atom stereocenters. The maximum atomic E-state index is 10.7. The van der Waals surface area contributed by atoms with E-state index in [4.69, 9.17) is 5.11 Å². The van der Waals surface area contributed by atoms with Gasteiger partial charge in [0.05, 0.1) is 0 Å². The highest BCUT2D eigenvalue weighted by Gasteiger charge is 2.19. The molecule has 0 rings (SSSR count). The average molecular weight is 215 g/mol. The summed E-state index contributed by atoms with van der Waals surface area (Å²) in [7, 11) is 0. The summed E-state index contributed by atoms with van der Waals surface area (Å²) in [6.07, 6.45) is 0.942. The lowest BCUT2D eigenvalue weighted by molar-refractivity contribution is -0.147. The van der Waals surface area contributed by atoms with Gasteiger partial charge in [-0.3, -0.25) is 9.59 Å². The minimum atomic E-state index is -1.14. The summed E-state index contributed by atoms with van der Waals surface area (Å²) in [4.78, 5) is 31.8. The number of carboxylic acids is 1. The largest absolute Gasteiger partial charge is 0.481 e. The second-order valence-corrected chi connectivity index (χ2v) is 2.81. The molecule has 0 aliphatic rings. The Hall–Kier alpha value is -1.85. The van der Waals surface area contributed by atoms with Crippen molar-refractivity contribution in [2.75, 3.05) is 13.2 Å². The smallest absolute Gasteiger partial charge is 0.330 e. The number of carboxylic acid groups (broad SMARTS) is 1. The van der Waals surface area contributed by atoms with Crippen LogP contribution in [0.15, 0.2) is 12.7 Å². The topological polar surface area (TPSA) is 92.7 Å². The van der Waals surface area contributed by atoms with Crippen molar-refractivity contribution in [3.8, 4) is 0 Å². The molecule has 2 N–H and O–H groups in total. The van der Waals surface area contributed by atoms with E-state index in [-0.39, 0.29) is 19.1 Å². The first-order valence-corrected chi connectivity index (χ1v) is 4.23. The number of carbonyl (C=O) groups is 3. The summed E-state index contributed by atoms with van der Waals surface area (Å²) in [5.74, 6) is -3.11. The fraction of sp³-hybridized carbons (Fsp3) is 0.444. The number of carbonyl (C=O) groups excluding carboxylic acids is 2. The summed E-state index contributed by atoms with van der Waals surface area (Å²) >= 11 is 0. The van der Waals surface area contributed by atoms with Gasteiger partial charge in [-0.25, -0.2) is 4.79 Å². The van der Waals surface area contributed by atoms with Crippen molar-refractivity contribution in [1.82, 2.24) is 5.32 Å². The van der Waals surface area contributed by atoms with Crippen LogP contribution in [0.4, 0.5) is 0 Å². The Bertz CT molecular complexity index is 274. The first-order valence-electron chi connectivity index (χ1n) is 4.23. The molecule has 0 aromatic heterocycles. The molecule has 0 fully saturated rings. The number of ether oxygens (including phenoxy) is 1. The first-order chi connectivity index (χ1) is 6.97. The second kappa shape index (κ2) is 6.58. The minimum absolute atomic E-state index is 0.0743. The lowest BCUT2D eigenvalue weighted by Gasteiger charge is -2.11. The molecule has 0 heterocycles. The van der Waals surface area contributed by atoms with E-state index in [2.05, 4.69) is 16.6 Å². The van der Waals surface area contributed by atoms with Gasteiger partial charge in [-0.1, -0.05) is 6.58 Å². The third-order valence-electron chi connectivity index (χ3n) is 1.54. The zero-order valence-corrected chi connectivity index (χ0v) is 8.36. The summed E-state index contributed by atoms with van der Waals surface area (Å²) in [5.41, 5.74) is 0. The van der Waals surface area contributed by atoms with Crippen LogP contribution in [0.2, 0.25) is 0 Å². The molecule has 0 aliphatic heterocycles. The van der Waals surface area contributed by atoms with Crippen molar-refractivity contribution in [1.29, 1.82) is 0 Å². The Morgan fingerprint density at radius 3 is 2.53 bits per heavy atom. The Morgan fingerprint density at radius 1 is 1.53 bits per heavy atom. The molecule has 0 aromatic carbocycles. The van der Waals surface area contributed by atoms with Gasteiger partial charge >= 0.3 is 11.9 Å². The predicted molar refractivity (Wildman–Crippen MR) is 51.0 cm³/mol. The van der Waals surface area contributed by atoms with Gasteiger partial charge in [0.25, 0.3) is 0 Å². The Morgan fingerprint density at radius 2 is 2.13 bits per heavy atom. The average Bonchev–Trinajstić information content (AvgIpc) is 2.16. The number of aliphatic carboxylic acids is 1. The maximum Gasteiger partial charge on any atom is 0.330 e. The van der Waals surface area contributed by atoms with E-state index < -0.39 is 17.9 Å². The highest BCUT2D eigenvalue weighted by Crippen LogP contribution is 1.97. The van der Waals surface area contributed by atoms with E-state index >= 15 is 0 Å². The molecule has 84 valence electrons. The number of esters is 1. The van der Waals surface area contributed by atoms with Crippen LogP contribution in [0.25, 0.3) is 0 Å². The van der Waals surface area contributed by atoms with Crippen LogP contribution in [0, 0.1) is 5.92 Å². The van der Waals surface area contributed by atoms with Crippen molar-refractivity contribution in [2.45, 2.75) is 6.92 Å². The fourth-order valence-electron chi connectivity index (χ4n) is 0.726. The minimum Gasteiger partial charge on any atom is -0.481 e. The molecule has 6 heteroatoms. The lowest BCUT2D eigenvalue weighted by Crippen LogP contribution is -2.34. The normalized spacial score (nSPS) is 11.3. The first kappa shape index (κ1) is 13.2. The summed E-state index contributed by atoms with van der Waals surface area (Å²) in [5, 5.41) is 11.0. The zero-order chi connectivity index (χ0) is 11.8. The number of hydrogen-bond donors (Lipinski definition) is 2. The molecule has 0 saturated heterocycles. The highest BCUT2D eigenvalue weighted by atomic mass is 16.5. The van der Waals surface area contributed by atoms with Crippen LogP contribution in [0.1, 0.15) is 6.92 Å². The Labute approximate surface area is 86.9 Å². The van der Waals surface area contributed by atoms with Gasteiger partial charge in [0.15, 0.2) is 0 Å². The summed E-state index contributed by atoms with van der Waals surface area (Å²) in [6.45, 7) is 4.07. The number of rotatable bonds is 6. The number of hydrogen-bond acceptors (Lipinski definition) is 4. The fourth-order valence-corrected chi connectivity index (χ4v) is 0.726. The molecule has 6 nitrogen and oxygen atoms in total. The van der Waals surface area contributed by atoms with Crippen molar-refractivity contribution >= 4 is 17.8 Å². The van der Waals surface area contributed by atoms with Crippen LogP contribution in [0.3, 0.4) is 0 Å². The molecule has 15 heavy (non-hydrogen) atoms. The van der Waals surface area contributed by atoms with Gasteiger partial charge < -0.3 is 15.2 Å². The molecular weight excluding hydrogens is 202 g/mol. The van der Waals surface area contributed by atoms with Crippen LogP contribution in [0.5, 0.6) is 0 Å². The van der Waals surface area contributed by atoms with Crippen LogP contribution in [-0.2, 0) is 19.1 Å². The molecule has 0 saturated carbocycles. The van der Waals surface area contributed by atoms with E-state index in [9.17, 15) is 14.4 Å². The van der Waals surface area contributed by atoms with Gasteiger partial charge in [-0.05, 0) is 0 Å². The Balaban J connectivity index is 4.04. The van der Waals surface area contributed by atoms with Crippen molar-refractivity contribution < 1.29 is 24.2 Å². The maximum absolute atomic E-state index is 10.7. The van der Waals surface area contributed by atoms with E-state index in [1.165, 1.54) is 6.92 Å². The molecule has 0 aliphatic carbocycles. The molecule has 0 radical (unpaired) electrons. The van der Waals surface area contributed by atoms with Gasteiger partial charge in [0.1, 0.15) is 12.5 Å². The second-order valence-electron chi connectivity index (χ2n) is 2.81. The van der Waals surface area contributed by atoms with Crippen LogP contribution in [-0.4, -0.2) is 36.1 Å². The third-order valence-corrected chi connectivity index (χ3v) is 1.54. The van der Waals surface area contributed by atoms with E-state index in [1.54, 1.807) is 0 Å². The van der Waals surface area contributed by atoms with E-state index in [1.807, 2.05) is 0 Å². The molecule has 0 spiro atoms. The van der Waals surface area contributed by atoms with Crippen molar-refractivity contribution in [2.24, 2.45) is 5.92 Å². The zero-order valence-electron chi connectivity index (χ0n) is 8.36.